The van der Waals surface area contributed by atoms with E-state index in [2.05, 4.69) is 9.44 Å². The van der Waals surface area contributed by atoms with Crippen LogP contribution in [0.5, 0.6) is 0 Å². The average molecular weight is 304 g/mol. The van der Waals surface area contributed by atoms with Crippen LogP contribution in [0.2, 0.25) is 0 Å². The van der Waals surface area contributed by atoms with Crippen LogP contribution in [0.1, 0.15) is 11.1 Å². The molecule has 0 saturated heterocycles. The Morgan fingerprint density at radius 1 is 1.45 bits per heavy atom. The van der Waals surface area contributed by atoms with Gasteiger partial charge in [0.2, 0.25) is 0 Å². The van der Waals surface area contributed by atoms with Crippen LogP contribution < -0.4 is 15.2 Å². The molecule has 0 fully saturated rings. The molecule has 9 heteroatoms. The van der Waals surface area contributed by atoms with Crippen molar-refractivity contribution >= 4 is 16.0 Å². The smallest absolute Gasteiger partial charge is 0.277 e. The van der Waals surface area contributed by atoms with E-state index in [1.165, 1.54) is 19.2 Å². The molecule has 0 aliphatic heterocycles. The molecule has 0 unspecified atom stereocenters. The number of hydrogen-bond acceptors (Lipinski definition) is 4. The Morgan fingerprint density at radius 2 is 2.15 bits per heavy atom. The van der Waals surface area contributed by atoms with Gasteiger partial charge >= 0.3 is 0 Å². The first-order chi connectivity index (χ1) is 9.35. The molecule has 1 aromatic rings. The molecule has 112 valence electrons. The Balaban J connectivity index is 2.63. The van der Waals surface area contributed by atoms with Gasteiger partial charge in [0.1, 0.15) is 11.7 Å². The Morgan fingerprint density at radius 3 is 2.70 bits per heavy atom. The van der Waals surface area contributed by atoms with Gasteiger partial charge in [-0.05, 0) is 6.07 Å². The average Bonchev–Trinajstić information content (AvgIpc) is 2.37. The van der Waals surface area contributed by atoms with Crippen molar-refractivity contribution in [1.82, 2.24) is 9.44 Å². The Labute approximate surface area is 117 Å². The number of hydrogen-bond donors (Lipinski definition) is 4. The molecule has 1 rings (SSSR count). The number of rotatable bonds is 8. The Hall–Kier alpha value is -1.55. The number of methoxy groups -OCH3 is 1. The van der Waals surface area contributed by atoms with E-state index >= 15 is 0 Å². The van der Waals surface area contributed by atoms with Crippen molar-refractivity contribution in [3.63, 3.8) is 0 Å². The molecule has 0 aliphatic carbocycles. The van der Waals surface area contributed by atoms with Gasteiger partial charge in [0.15, 0.2) is 0 Å². The molecule has 7 nitrogen and oxygen atoms in total. The maximum Gasteiger partial charge on any atom is 0.277 e. The van der Waals surface area contributed by atoms with E-state index in [-0.39, 0.29) is 36.7 Å². The zero-order valence-electron chi connectivity index (χ0n) is 10.9. The van der Waals surface area contributed by atoms with Gasteiger partial charge in [0, 0.05) is 31.3 Å². The second kappa shape index (κ2) is 7.29. The second-order valence-electron chi connectivity index (χ2n) is 3.93. The normalized spacial score (nSPS) is 11.5. The van der Waals surface area contributed by atoms with Crippen LogP contribution in [-0.2, 0) is 21.5 Å². The van der Waals surface area contributed by atoms with Crippen LogP contribution in [0.3, 0.4) is 0 Å². The minimum absolute atomic E-state index is 0.123. The van der Waals surface area contributed by atoms with Crippen molar-refractivity contribution in [2.75, 3.05) is 20.3 Å². The molecule has 0 saturated carbocycles. The Kier molecular flexibility index (Phi) is 6.02. The fraction of sp³-hybridized carbons (Fsp3) is 0.364. The van der Waals surface area contributed by atoms with Crippen LogP contribution in [-0.4, -0.2) is 34.5 Å². The summed E-state index contributed by atoms with van der Waals surface area (Å²) in [6.45, 7) is 0.159. The van der Waals surface area contributed by atoms with Crippen LogP contribution in [0.25, 0.3) is 0 Å². The third-order valence-corrected chi connectivity index (χ3v) is 3.52. The SMILES string of the molecule is COCCNS(=O)(=O)NCc1ccc(C(=N)N)cc1F. The molecule has 0 amide bonds. The molecule has 0 atom stereocenters. The highest BCUT2D eigenvalue weighted by Gasteiger charge is 2.11. The van der Waals surface area contributed by atoms with Crippen molar-refractivity contribution < 1.29 is 17.5 Å². The first-order valence-corrected chi connectivity index (χ1v) is 7.20. The number of halogens is 1. The maximum atomic E-state index is 13.7. The number of ether oxygens (including phenoxy) is 1. The van der Waals surface area contributed by atoms with Crippen molar-refractivity contribution in [2.24, 2.45) is 5.73 Å². The molecule has 0 heterocycles. The second-order valence-corrected chi connectivity index (χ2v) is 5.52. The molecular weight excluding hydrogens is 287 g/mol. The molecule has 0 bridgehead atoms. The van der Waals surface area contributed by atoms with E-state index < -0.39 is 16.0 Å². The van der Waals surface area contributed by atoms with E-state index in [1.807, 2.05) is 0 Å². The first kappa shape index (κ1) is 16.5. The van der Waals surface area contributed by atoms with E-state index in [0.717, 1.165) is 6.07 Å². The zero-order valence-corrected chi connectivity index (χ0v) is 11.8. The minimum Gasteiger partial charge on any atom is -0.384 e. The molecule has 0 aromatic heterocycles. The maximum absolute atomic E-state index is 13.7. The van der Waals surface area contributed by atoms with E-state index in [4.69, 9.17) is 15.9 Å². The van der Waals surface area contributed by atoms with Gasteiger partial charge in [-0.25, -0.2) is 4.39 Å². The summed E-state index contributed by atoms with van der Waals surface area (Å²) in [5.41, 5.74) is 5.63. The first-order valence-electron chi connectivity index (χ1n) is 5.71. The summed E-state index contributed by atoms with van der Waals surface area (Å²) in [6, 6.07) is 3.92. The summed E-state index contributed by atoms with van der Waals surface area (Å²) >= 11 is 0. The number of nitrogens with two attached hydrogens (primary N) is 1. The van der Waals surface area contributed by atoms with Gasteiger partial charge in [-0.1, -0.05) is 12.1 Å². The highest BCUT2D eigenvalue weighted by Crippen LogP contribution is 2.10. The number of amidine groups is 1. The number of nitrogen functional groups attached to an aromatic ring is 1. The minimum atomic E-state index is -3.71. The largest absolute Gasteiger partial charge is 0.384 e. The molecule has 0 spiro atoms. The molecule has 20 heavy (non-hydrogen) atoms. The predicted octanol–water partition coefficient (Wildman–Crippen LogP) is -0.320. The van der Waals surface area contributed by atoms with Gasteiger partial charge in [0.05, 0.1) is 6.61 Å². The quantitative estimate of drug-likeness (QED) is 0.299. The van der Waals surface area contributed by atoms with Crippen LogP contribution in [0, 0.1) is 11.2 Å². The molecule has 0 aliphatic rings. The van der Waals surface area contributed by atoms with Gasteiger partial charge in [-0.15, -0.1) is 0 Å². The lowest BCUT2D eigenvalue weighted by molar-refractivity contribution is 0.204. The third-order valence-electron chi connectivity index (χ3n) is 2.41. The van der Waals surface area contributed by atoms with Crippen molar-refractivity contribution in [1.29, 1.82) is 5.41 Å². The van der Waals surface area contributed by atoms with Gasteiger partial charge < -0.3 is 10.5 Å². The molecule has 1 aromatic carbocycles. The fourth-order valence-electron chi connectivity index (χ4n) is 1.36. The molecule has 0 radical (unpaired) electrons. The summed E-state index contributed by atoms with van der Waals surface area (Å²) in [5.74, 6) is -0.880. The van der Waals surface area contributed by atoms with Crippen molar-refractivity contribution in [2.45, 2.75) is 6.54 Å². The van der Waals surface area contributed by atoms with E-state index in [1.54, 1.807) is 0 Å². The standard InChI is InChI=1S/C11H17FN4O3S/c1-19-5-4-15-20(17,18)16-7-9-3-2-8(11(13)14)6-10(9)12/h2-3,6,15-16H,4-5,7H2,1H3,(H3,13,14). The Bertz CT molecular complexity index is 577. The highest BCUT2D eigenvalue weighted by atomic mass is 32.2. The van der Waals surface area contributed by atoms with Crippen LogP contribution in [0.4, 0.5) is 4.39 Å². The van der Waals surface area contributed by atoms with Gasteiger partial charge in [-0.3, -0.25) is 5.41 Å². The number of benzene rings is 1. The summed E-state index contributed by atoms with van der Waals surface area (Å²) in [5, 5.41) is 7.18. The predicted molar refractivity (Wildman–Crippen MR) is 73.1 cm³/mol. The molecular formula is C11H17FN4O3S. The lowest BCUT2D eigenvalue weighted by Gasteiger charge is -2.09. The van der Waals surface area contributed by atoms with Crippen LogP contribution >= 0.6 is 0 Å². The van der Waals surface area contributed by atoms with E-state index in [0.29, 0.717) is 0 Å². The number of nitrogens with one attached hydrogen (secondary N) is 3. The fourth-order valence-corrected chi connectivity index (χ4v) is 2.16. The van der Waals surface area contributed by atoms with Crippen molar-refractivity contribution in [3.05, 3.63) is 35.1 Å². The van der Waals surface area contributed by atoms with Crippen molar-refractivity contribution in [3.8, 4) is 0 Å². The summed E-state index contributed by atoms with van der Waals surface area (Å²) in [6.07, 6.45) is 0. The lowest BCUT2D eigenvalue weighted by atomic mass is 10.1. The molecule has 5 N–H and O–H groups in total. The van der Waals surface area contributed by atoms with Crippen LogP contribution in [0.15, 0.2) is 18.2 Å². The highest BCUT2D eigenvalue weighted by molar-refractivity contribution is 7.87. The van der Waals surface area contributed by atoms with Gasteiger partial charge in [0.25, 0.3) is 10.2 Å². The topological polar surface area (TPSA) is 117 Å². The van der Waals surface area contributed by atoms with Gasteiger partial charge in [-0.2, -0.15) is 17.9 Å². The summed E-state index contributed by atoms with van der Waals surface area (Å²) in [7, 11) is -2.26. The zero-order chi connectivity index (χ0) is 15.2. The lowest BCUT2D eigenvalue weighted by Crippen LogP contribution is -2.37. The third kappa shape index (κ3) is 5.21. The monoisotopic (exact) mass is 304 g/mol. The summed E-state index contributed by atoms with van der Waals surface area (Å²) in [4.78, 5) is 0. The summed E-state index contributed by atoms with van der Waals surface area (Å²) < 4.78 is 45.8. The van der Waals surface area contributed by atoms with E-state index in [9.17, 15) is 12.8 Å².